The number of urea groups is 1. The zero-order valence-corrected chi connectivity index (χ0v) is 19.7. The molecule has 1 aromatic rings. The van der Waals surface area contributed by atoms with Crippen LogP contribution in [0.15, 0.2) is 29.3 Å². The lowest BCUT2D eigenvalue weighted by Gasteiger charge is -2.40. The number of hydrogen-bond acceptors (Lipinski definition) is 7. The van der Waals surface area contributed by atoms with Gasteiger partial charge in [0.25, 0.3) is 5.91 Å². The minimum absolute atomic E-state index is 0.00393. The van der Waals surface area contributed by atoms with Crippen LogP contribution < -0.4 is 10.6 Å². The average molecular weight is 481 g/mol. The first kappa shape index (κ1) is 24.7. The molecule has 35 heavy (non-hydrogen) atoms. The number of aliphatic imine (C=N–C) groups is 1. The Kier molecular flexibility index (Phi) is 8.00. The molecule has 1 fully saturated rings. The lowest BCUT2D eigenvalue weighted by atomic mass is 9.88. The van der Waals surface area contributed by atoms with E-state index in [9.17, 15) is 19.8 Å². The molecule has 0 spiro atoms. The molecule has 1 aliphatic carbocycles. The molecule has 1 aromatic carbocycles. The number of β-amino-alcohol motifs (C(OH)–C–C–N with tert-alkyl or cyclic N) is 2. The fraction of sp³-hybridized carbons (Fsp3) is 0.520. The van der Waals surface area contributed by atoms with Crippen molar-refractivity contribution in [1.82, 2.24) is 15.1 Å². The maximum absolute atomic E-state index is 12.8. The third kappa shape index (κ3) is 5.63. The van der Waals surface area contributed by atoms with Gasteiger partial charge in [-0.15, -0.1) is 0 Å². The molecule has 4 N–H and O–H groups in total. The Morgan fingerprint density at radius 1 is 1.20 bits per heavy atom. The third-order valence-corrected chi connectivity index (χ3v) is 6.68. The zero-order chi connectivity index (χ0) is 24.8. The molecule has 0 aromatic heterocycles. The summed E-state index contributed by atoms with van der Waals surface area (Å²) >= 11 is 0. The molecule has 3 aliphatic rings. The van der Waals surface area contributed by atoms with Crippen molar-refractivity contribution in [3.63, 3.8) is 0 Å². The van der Waals surface area contributed by atoms with Gasteiger partial charge in [-0.3, -0.25) is 9.79 Å². The van der Waals surface area contributed by atoms with Crippen molar-refractivity contribution in [3.05, 3.63) is 35.4 Å². The number of aliphatic hydroxyl groups is 2. The molecule has 0 saturated carbocycles. The number of nitrogens with zero attached hydrogens (tertiary/aromatic N) is 4. The monoisotopic (exact) mass is 480 g/mol. The van der Waals surface area contributed by atoms with Crippen LogP contribution in [0, 0.1) is 11.3 Å². The van der Waals surface area contributed by atoms with E-state index in [2.05, 4.69) is 33.8 Å². The van der Waals surface area contributed by atoms with Crippen molar-refractivity contribution < 1.29 is 19.8 Å². The van der Waals surface area contributed by atoms with E-state index in [0.29, 0.717) is 18.8 Å². The number of benzene rings is 1. The summed E-state index contributed by atoms with van der Waals surface area (Å²) in [4.78, 5) is 32.9. The molecule has 10 nitrogen and oxygen atoms in total. The molecule has 4 rings (SSSR count). The predicted molar refractivity (Wildman–Crippen MR) is 132 cm³/mol. The molecular weight excluding hydrogens is 448 g/mol. The van der Waals surface area contributed by atoms with Crippen LogP contribution in [0.5, 0.6) is 0 Å². The van der Waals surface area contributed by atoms with E-state index in [-0.39, 0.29) is 56.5 Å². The predicted octanol–water partition coefficient (Wildman–Crippen LogP) is 1.28. The fourth-order valence-corrected chi connectivity index (χ4v) is 4.88. The number of rotatable bonds is 8. The second kappa shape index (κ2) is 11.3. The Morgan fingerprint density at radius 2 is 1.94 bits per heavy atom. The Morgan fingerprint density at radius 3 is 2.54 bits per heavy atom. The minimum Gasteiger partial charge on any atom is -0.395 e. The lowest BCUT2D eigenvalue weighted by Crippen LogP contribution is -2.53. The van der Waals surface area contributed by atoms with Crippen molar-refractivity contribution >= 4 is 29.0 Å². The Hall–Kier alpha value is -3.42. The summed E-state index contributed by atoms with van der Waals surface area (Å²) < 4.78 is 0. The number of allylic oxidation sites excluding steroid dienone is 2. The molecular formula is C25H32N6O4. The first-order valence-electron chi connectivity index (χ1n) is 12.1. The van der Waals surface area contributed by atoms with Crippen LogP contribution in [0.4, 0.5) is 10.5 Å². The van der Waals surface area contributed by atoms with Crippen LogP contribution in [0.25, 0.3) is 5.57 Å². The van der Waals surface area contributed by atoms with Crippen LogP contribution >= 0.6 is 0 Å². The molecule has 186 valence electrons. The molecule has 3 amide bonds. The molecule has 2 heterocycles. The van der Waals surface area contributed by atoms with Crippen LogP contribution in [-0.4, -0.2) is 89.8 Å². The number of nitriles is 1. The highest BCUT2D eigenvalue weighted by Gasteiger charge is 2.32. The molecule has 0 radical (unpaired) electrons. The largest absolute Gasteiger partial charge is 0.395 e. The molecule has 0 bridgehead atoms. The fourth-order valence-electron chi connectivity index (χ4n) is 4.88. The van der Waals surface area contributed by atoms with Crippen LogP contribution in [0.2, 0.25) is 0 Å². The quantitative estimate of drug-likeness (QED) is 0.442. The third-order valence-electron chi connectivity index (χ3n) is 6.68. The number of amidine groups is 1. The Labute approximate surface area is 204 Å². The van der Waals surface area contributed by atoms with E-state index in [1.165, 1.54) is 5.57 Å². The van der Waals surface area contributed by atoms with Gasteiger partial charge in [-0.2, -0.15) is 5.26 Å². The second-order valence-corrected chi connectivity index (χ2v) is 9.07. The van der Waals surface area contributed by atoms with Gasteiger partial charge in [0.15, 0.2) is 5.84 Å². The van der Waals surface area contributed by atoms with Gasteiger partial charge in [0, 0.05) is 43.3 Å². The number of nitrogens with one attached hydrogen (secondary N) is 2. The van der Waals surface area contributed by atoms with Crippen molar-refractivity contribution in [2.45, 2.75) is 37.6 Å². The van der Waals surface area contributed by atoms with Gasteiger partial charge < -0.3 is 30.6 Å². The standard InChI is InChI=1S/C25H32N6O4/c26-13-20-14-27-23(28-20)24(34)29-22-7-6-18(12-21(22)17-4-2-1-3-5-17)19-15-30(8-10-32)25(35)31(16-19)9-11-33/h4,6-7,12,19-20,32-33H,1-3,5,8-11,14-16H2,(H,27,28)(H,29,34). The van der Waals surface area contributed by atoms with Gasteiger partial charge >= 0.3 is 6.03 Å². The summed E-state index contributed by atoms with van der Waals surface area (Å²) in [5, 5.41) is 33.7. The lowest BCUT2D eigenvalue weighted by molar-refractivity contribution is -0.110. The van der Waals surface area contributed by atoms with E-state index in [4.69, 9.17) is 5.26 Å². The molecule has 1 unspecified atom stereocenters. The molecule has 10 heteroatoms. The summed E-state index contributed by atoms with van der Waals surface area (Å²) in [5.74, 6) is -0.218. The van der Waals surface area contributed by atoms with Gasteiger partial charge in [-0.25, -0.2) is 4.79 Å². The minimum atomic E-state index is -0.489. The SMILES string of the molecule is N#CC1CN=C(C(=O)Nc2ccc(C3CN(CCO)C(=O)N(CCO)C3)cc2C2=CCCCC2)N1. The summed E-state index contributed by atoms with van der Waals surface area (Å²) in [6.45, 7) is 1.43. The number of anilines is 1. The van der Waals surface area contributed by atoms with Crippen LogP contribution in [0.3, 0.4) is 0 Å². The van der Waals surface area contributed by atoms with Crippen molar-refractivity contribution in [2.24, 2.45) is 4.99 Å². The normalized spacial score (nSPS) is 20.7. The smallest absolute Gasteiger partial charge is 0.320 e. The Balaban J connectivity index is 1.61. The number of carbonyl (C=O) groups is 2. The van der Waals surface area contributed by atoms with Crippen molar-refractivity contribution in [3.8, 4) is 6.07 Å². The van der Waals surface area contributed by atoms with E-state index < -0.39 is 6.04 Å². The topological polar surface area (TPSA) is 141 Å². The summed E-state index contributed by atoms with van der Waals surface area (Å²) in [5.41, 5.74) is 3.84. The number of aliphatic hydroxyl groups excluding tert-OH is 2. The Bertz CT molecular complexity index is 1040. The number of amides is 3. The van der Waals surface area contributed by atoms with Gasteiger partial charge in [0.1, 0.15) is 6.04 Å². The second-order valence-electron chi connectivity index (χ2n) is 9.07. The highest BCUT2D eigenvalue weighted by molar-refractivity contribution is 6.42. The first-order chi connectivity index (χ1) is 17.0. The first-order valence-corrected chi connectivity index (χ1v) is 12.1. The maximum Gasteiger partial charge on any atom is 0.320 e. The van der Waals surface area contributed by atoms with Gasteiger partial charge in [-0.05, 0) is 49.0 Å². The summed E-state index contributed by atoms with van der Waals surface area (Å²) in [6, 6.07) is 7.34. The average Bonchev–Trinajstić information content (AvgIpc) is 3.37. The summed E-state index contributed by atoms with van der Waals surface area (Å²) in [7, 11) is 0. The van der Waals surface area contributed by atoms with Crippen LogP contribution in [-0.2, 0) is 4.79 Å². The van der Waals surface area contributed by atoms with E-state index in [0.717, 1.165) is 36.8 Å². The van der Waals surface area contributed by atoms with Gasteiger partial charge in [0.2, 0.25) is 0 Å². The van der Waals surface area contributed by atoms with E-state index >= 15 is 0 Å². The van der Waals surface area contributed by atoms with E-state index in [1.807, 2.05) is 12.1 Å². The molecule has 2 aliphatic heterocycles. The molecule has 1 atom stereocenters. The molecule has 1 saturated heterocycles. The van der Waals surface area contributed by atoms with E-state index in [1.54, 1.807) is 9.80 Å². The highest BCUT2D eigenvalue weighted by Crippen LogP contribution is 2.35. The highest BCUT2D eigenvalue weighted by atomic mass is 16.3. The zero-order valence-electron chi connectivity index (χ0n) is 19.7. The van der Waals surface area contributed by atoms with Gasteiger partial charge in [0.05, 0.1) is 25.8 Å². The van der Waals surface area contributed by atoms with Crippen molar-refractivity contribution in [1.29, 1.82) is 5.26 Å². The maximum atomic E-state index is 12.8. The number of hydrogen-bond donors (Lipinski definition) is 4. The van der Waals surface area contributed by atoms with Crippen molar-refractivity contribution in [2.75, 3.05) is 51.3 Å². The number of carbonyl (C=O) groups excluding carboxylic acids is 2. The van der Waals surface area contributed by atoms with Gasteiger partial charge in [-0.1, -0.05) is 12.1 Å². The van der Waals surface area contributed by atoms with Crippen LogP contribution in [0.1, 0.15) is 42.7 Å². The summed E-state index contributed by atoms with van der Waals surface area (Å²) in [6.07, 6.45) is 6.33.